The maximum absolute atomic E-state index is 11.6. The summed E-state index contributed by atoms with van der Waals surface area (Å²) in [5, 5.41) is 0. The van der Waals surface area contributed by atoms with Crippen LogP contribution in [0.2, 0.25) is 0 Å². The van der Waals surface area contributed by atoms with Crippen LogP contribution in [0.5, 0.6) is 0 Å². The second-order valence-electron chi connectivity index (χ2n) is 3.98. The number of Topliss-reactive ketones (excluding diaryl/α,β-unsaturated/α-hetero) is 1. The summed E-state index contributed by atoms with van der Waals surface area (Å²) >= 11 is 0. The molecule has 2 aliphatic rings. The van der Waals surface area contributed by atoms with E-state index in [1.54, 1.807) is 0 Å². The lowest BCUT2D eigenvalue weighted by atomic mass is 9.82. The molecular formula is C10H17NO2. The van der Waals surface area contributed by atoms with E-state index in [1.165, 1.54) is 6.42 Å². The van der Waals surface area contributed by atoms with Crippen molar-refractivity contribution in [2.75, 3.05) is 32.8 Å². The molecular weight excluding hydrogens is 166 g/mol. The van der Waals surface area contributed by atoms with E-state index < -0.39 is 0 Å². The van der Waals surface area contributed by atoms with Crippen molar-refractivity contribution >= 4 is 5.78 Å². The lowest BCUT2D eigenvalue weighted by Crippen LogP contribution is -2.42. The molecule has 0 aromatic rings. The van der Waals surface area contributed by atoms with Crippen molar-refractivity contribution in [1.82, 2.24) is 4.90 Å². The molecule has 74 valence electrons. The zero-order valence-corrected chi connectivity index (χ0v) is 8.00. The Labute approximate surface area is 79.0 Å². The van der Waals surface area contributed by atoms with Crippen LogP contribution >= 0.6 is 0 Å². The first kappa shape index (κ1) is 9.16. The van der Waals surface area contributed by atoms with Crippen LogP contribution in [0.15, 0.2) is 0 Å². The highest BCUT2D eigenvalue weighted by Gasteiger charge is 2.26. The van der Waals surface area contributed by atoms with Crippen LogP contribution in [0.3, 0.4) is 0 Å². The average Bonchev–Trinajstić information content (AvgIpc) is 2.02. The number of rotatable bonds is 3. The van der Waals surface area contributed by atoms with Gasteiger partial charge in [0.1, 0.15) is 5.78 Å². The van der Waals surface area contributed by atoms with E-state index in [2.05, 4.69) is 4.90 Å². The monoisotopic (exact) mass is 183 g/mol. The third-order valence-corrected chi connectivity index (χ3v) is 3.04. The van der Waals surface area contributed by atoms with Gasteiger partial charge in [-0.3, -0.25) is 9.69 Å². The van der Waals surface area contributed by atoms with Crippen LogP contribution in [-0.4, -0.2) is 43.5 Å². The van der Waals surface area contributed by atoms with Gasteiger partial charge in [-0.1, -0.05) is 6.42 Å². The molecule has 0 bridgehead atoms. The van der Waals surface area contributed by atoms with Gasteiger partial charge < -0.3 is 4.74 Å². The molecule has 3 heteroatoms. The highest BCUT2D eigenvalue weighted by atomic mass is 16.5. The Morgan fingerprint density at radius 2 is 2.00 bits per heavy atom. The fraction of sp³-hybridized carbons (Fsp3) is 0.900. The zero-order chi connectivity index (χ0) is 9.10. The van der Waals surface area contributed by atoms with Crippen LogP contribution in [0.25, 0.3) is 0 Å². The largest absolute Gasteiger partial charge is 0.379 e. The van der Waals surface area contributed by atoms with Crippen molar-refractivity contribution in [2.45, 2.75) is 19.3 Å². The summed E-state index contributed by atoms with van der Waals surface area (Å²) in [7, 11) is 0. The third kappa shape index (κ3) is 2.29. The number of carbonyl (C=O) groups is 1. The summed E-state index contributed by atoms with van der Waals surface area (Å²) in [4.78, 5) is 13.8. The molecule has 1 aliphatic carbocycles. The summed E-state index contributed by atoms with van der Waals surface area (Å²) in [6.45, 7) is 4.10. The summed E-state index contributed by atoms with van der Waals surface area (Å²) < 4.78 is 5.23. The van der Waals surface area contributed by atoms with Crippen molar-refractivity contribution in [3.05, 3.63) is 0 Å². The Kier molecular flexibility index (Phi) is 2.96. The van der Waals surface area contributed by atoms with E-state index >= 15 is 0 Å². The number of hydrogen-bond donors (Lipinski definition) is 0. The van der Waals surface area contributed by atoms with Gasteiger partial charge in [-0.05, 0) is 12.8 Å². The predicted molar refractivity (Wildman–Crippen MR) is 49.6 cm³/mol. The van der Waals surface area contributed by atoms with Crippen molar-refractivity contribution in [3.63, 3.8) is 0 Å². The molecule has 1 saturated heterocycles. The van der Waals surface area contributed by atoms with E-state index in [0.29, 0.717) is 18.2 Å². The number of carbonyl (C=O) groups excluding carboxylic acids is 1. The molecule has 0 atom stereocenters. The normalized spacial score (nSPS) is 25.5. The first-order valence-corrected chi connectivity index (χ1v) is 5.19. The highest BCUT2D eigenvalue weighted by Crippen LogP contribution is 2.27. The average molecular weight is 183 g/mol. The Morgan fingerprint density at radius 3 is 2.54 bits per heavy atom. The standard InChI is InChI=1S/C10H17NO2/c12-10(9-2-1-3-9)8-11-4-6-13-7-5-11/h9H,1-8H2. The Hall–Kier alpha value is -0.410. The molecule has 0 N–H and O–H groups in total. The van der Waals surface area contributed by atoms with Gasteiger partial charge in [-0.25, -0.2) is 0 Å². The first-order valence-electron chi connectivity index (χ1n) is 5.19. The Bertz CT molecular complexity index is 183. The van der Waals surface area contributed by atoms with Crippen LogP contribution in [0, 0.1) is 5.92 Å². The third-order valence-electron chi connectivity index (χ3n) is 3.04. The fourth-order valence-corrected chi connectivity index (χ4v) is 1.84. The lowest BCUT2D eigenvalue weighted by Gasteiger charge is -2.30. The molecule has 0 unspecified atom stereocenters. The Morgan fingerprint density at radius 1 is 1.31 bits per heavy atom. The van der Waals surface area contributed by atoms with Crippen molar-refractivity contribution in [1.29, 1.82) is 0 Å². The quantitative estimate of drug-likeness (QED) is 0.644. The lowest BCUT2D eigenvalue weighted by molar-refractivity contribution is -0.127. The number of morpholine rings is 1. The molecule has 2 fully saturated rings. The van der Waals surface area contributed by atoms with Crippen LogP contribution in [0.4, 0.5) is 0 Å². The second-order valence-corrected chi connectivity index (χ2v) is 3.98. The summed E-state index contributed by atoms with van der Waals surface area (Å²) in [6.07, 6.45) is 3.51. The van der Waals surface area contributed by atoms with E-state index in [4.69, 9.17) is 4.74 Å². The molecule has 2 rings (SSSR count). The Balaban J connectivity index is 1.72. The molecule has 13 heavy (non-hydrogen) atoms. The summed E-state index contributed by atoms with van der Waals surface area (Å²) in [6, 6.07) is 0. The topological polar surface area (TPSA) is 29.5 Å². The van der Waals surface area contributed by atoms with Gasteiger partial charge in [0.15, 0.2) is 0 Å². The van der Waals surface area contributed by atoms with E-state index in [1.807, 2.05) is 0 Å². The minimum atomic E-state index is 0.392. The number of nitrogens with zero attached hydrogens (tertiary/aromatic N) is 1. The van der Waals surface area contributed by atoms with Gasteiger partial charge in [0.05, 0.1) is 19.8 Å². The minimum Gasteiger partial charge on any atom is -0.379 e. The molecule has 0 aromatic heterocycles. The first-order chi connectivity index (χ1) is 6.36. The smallest absolute Gasteiger partial charge is 0.149 e. The van der Waals surface area contributed by atoms with Gasteiger partial charge in [0, 0.05) is 19.0 Å². The molecule has 0 spiro atoms. The zero-order valence-electron chi connectivity index (χ0n) is 8.00. The predicted octanol–water partition coefficient (Wildman–Crippen LogP) is 0.688. The van der Waals surface area contributed by atoms with Crippen LogP contribution < -0.4 is 0 Å². The van der Waals surface area contributed by atoms with Crippen LogP contribution in [-0.2, 0) is 9.53 Å². The highest BCUT2D eigenvalue weighted by molar-refractivity contribution is 5.83. The maximum Gasteiger partial charge on any atom is 0.149 e. The van der Waals surface area contributed by atoms with Gasteiger partial charge in [0.2, 0.25) is 0 Å². The molecule has 1 saturated carbocycles. The SMILES string of the molecule is O=C(CN1CCOCC1)C1CCC1. The molecule has 0 amide bonds. The molecule has 1 heterocycles. The second kappa shape index (κ2) is 4.20. The van der Waals surface area contributed by atoms with Gasteiger partial charge in [-0.15, -0.1) is 0 Å². The van der Waals surface area contributed by atoms with Gasteiger partial charge in [-0.2, -0.15) is 0 Å². The summed E-state index contributed by atoms with van der Waals surface area (Å²) in [5.41, 5.74) is 0. The van der Waals surface area contributed by atoms with Crippen LogP contribution in [0.1, 0.15) is 19.3 Å². The molecule has 0 radical (unpaired) electrons. The van der Waals surface area contributed by atoms with E-state index in [-0.39, 0.29) is 0 Å². The number of ketones is 1. The van der Waals surface area contributed by atoms with E-state index in [0.717, 1.165) is 39.1 Å². The summed E-state index contributed by atoms with van der Waals surface area (Å²) in [5.74, 6) is 0.844. The fourth-order valence-electron chi connectivity index (χ4n) is 1.84. The number of hydrogen-bond acceptors (Lipinski definition) is 3. The van der Waals surface area contributed by atoms with Crippen molar-refractivity contribution in [3.8, 4) is 0 Å². The molecule has 0 aromatic carbocycles. The maximum atomic E-state index is 11.6. The van der Waals surface area contributed by atoms with Crippen molar-refractivity contribution in [2.24, 2.45) is 5.92 Å². The minimum absolute atomic E-state index is 0.392. The molecule has 3 nitrogen and oxygen atoms in total. The van der Waals surface area contributed by atoms with Crippen molar-refractivity contribution < 1.29 is 9.53 Å². The number of ether oxygens (including phenoxy) is 1. The van der Waals surface area contributed by atoms with E-state index in [9.17, 15) is 4.79 Å². The molecule has 1 aliphatic heterocycles. The van der Waals surface area contributed by atoms with Gasteiger partial charge in [0.25, 0.3) is 0 Å². The van der Waals surface area contributed by atoms with Gasteiger partial charge >= 0.3 is 0 Å².